The molecule has 7 heteroatoms. The van der Waals surface area contributed by atoms with Gasteiger partial charge in [0, 0.05) is 20.8 Å². The molecule has 1 unspecified atom stereocenters. The molecule has 1 aromatic rings. The quantitative estimate of drug-likeness (QED) is 0.729. The molecule has 3 N–H and O–H groups in total. The van der Waals surface area contributed by atoms with Gasteiger partial charge in [-0.1, -0.05) is 0 Å². The highest BCUT2D eigenvalue weighted by Gasteiger charge is 2.22. The van der Waals surface area contributed by atoms with Crippen molar-refractivity contribution < 1.29 is 19.4 Å². The first kappa shape index (κ1) is 16.2. The zero-order valence-electron chi connectivity index (χ0n) is 12.0. The third-order valence-electron chi connectivity index (χ3n) is 2.87. The minimum atomic E-state index is -1.06. The van der Waals surface area contributed by atoms with Crippen LogP contribution >= 0.6 is 0 Å². The molecule has 1 rings (SSSR count). The number of pyridine rings is 1. The molecule has 0 saturated carbocycles. The number of aromatic carboxylic acids is 1. The SMILES string of the molecule is COCCN(c1ncc(N)cc1C(=O)O)C(C)COC. The molecule has 112 valence electrons. The Hall–Kier alpha value is -1.86. The fraction of sp³-hybridized carbons (Fsp3) is 0.538. The monoisotopic (exact) mass is 283 g/mol. The highest BCUT2D eigenvalue weighted by molar-refractivity contribution is 5.94. The topological polar surface area (TPSA) is 97.9 Å². The Morgan fingerprint density at radius 2 is 2.20 bits per heavy atom. The molecule has 0 aliphatic heterocycles. The fourth-order valence-electron chi connectivity index (χ4n) is 1.92. The number of carbonyl (C=O) groups is 1. The summed E-state index contributed by atoms with van der Waals surface area (Å²) in [6.07, 6.45) is 1.45. The highest BCUT2D eigenvalue weighted by atomic mass is 16.5. The van der Waals surface area contributed by atoms with Gasteiger partial charge >= 0.3 is 5.97 Å². The number of hydrogen-bond acceptors (Lipinski definition) is 6. The first-order chi connectivity index (χ1) is 9.51. The standard InChI is InChI=1S/C13H21N3O4/c1-9(8-20-3)16(4-5-19-2)12-11(13(17)18)6-10(14)7-15-12/h6-7,9H,4-5,8,14H2,1-3H3,(H,17,18). The molecule has 0 saturated heterocycles. The van der Waals surface area contributed by atoms with Gasteiger partial charge in [0.1, 0.15) is 11.4 Å². The second-order valence-electron chi connectivity index (χ2n) is 4.44. The van der Waals surface area contributed by atoms with E-state index in [-0.39, 0.29) is 11.6 Å². The van der Waals surface area contributed by atoms with Crippen LogP contribution in [0.15, 0.2) is 12.3 Å². The summed E-state index contributed by atoms with van der Waals surface area (Å²) < 4.78 is 10.2. The smallest absolute Gasteiger partial charge is 0.339 e. The predicted octanol–water partition coefficient (Wildman–Crippen LogP) is 0.850. The van der Waals surface area contributed by atoms with E-state index in [0.717, 1.165) is 0 Å². The van der Waals surface area contributed by atoms with Crippen LogP contribution in [0.5, 0.6) is 0 Å². The van der Waals surface area contributed by atoms with Crippen LogP contribution in [0.3, 0.4) is 0 Å². The number of rotatable bonds is 8. The number of ether oxygens (including phenoxy) is 2. The maximum absolute atomic E-state index is 11.3. The Kier molecular flexibility index (Phi) is 6.20. The van der Waals surface area contributed by atoms with Gasteiger partial charge in [0.15, 0.2) is 0 Å². The molecule has 7 nitrogen and oxygen atoms in total. The molecule has 1 aromatic heterocycles. The molecule has 0 amide bonds. The van der Waals surface area contributed by atoms with Crippen molar-refractivity contribution in [1.82, 2.24) is 4.98 Å². The van der Waals surface area contributed by atoms with Crippen LogP contribution in [0.1, 0.15) is 17.3 Å². The number of anilines is 2. The minimum Gasteiger partial charge on any atom is -0.478 e. The zero-order valence-corrected chi connectivity index (χ0v) is 12.0. The van der Waals surface area contributed by atoms with Crippen LogP contribution in [0.25, 0.3) is 0 Å². The lowest BCUT2D eigenvalue weighted by Crippen LogP contribution is -2.40. The third kappa shape index (κ3) is 4.07. The zero-order chi connectivity index (χ0) is 15.1. The van der Waals surface area contributed by atoms with Crippen LogP contribution < -0.4 is 10.6 Å². The Morgan fingerprint density at radius 1 is 1.50 bits per heavy atom. The van der Waals surface area contributed by atoms with Crippen LogP contribution in [0.4, 0.5) is 11.5 Å². The van der Waals surface area contributed by atoms with Gasteiger partial charge < -0.3 is 25.2 Å². The number of nitrogen functional groups attached to an aromatic ring is 1. The van der Waals surface area contributed by atoms with Crippen molar-refractivity contribution in [2.75, 3.05) is 44.6 Å². The van der Waals surface area contributed by atoms with Crippen LogP contribution in [0, 0.1) is 0 Å². The lowest BCUT2D eigenvalue weighted by atomic mass is 10.2. The van der Waals surface area contributed by atoms with Gasteiger partial charge in [0.05, 0.1) is 31.1 Å². The maximum atomic E-state index is 11.3. The van der Waals surface area contributed by atoms with Crippen LogP contribution in [0.2, 0.25) is 0 Å². The van der Waals surface area contributed by atoms with E-state index in [9.17, 15) is 9.90 Å². The Balaban J connectivity index is 3.14. The fourth-order valence-corrected chi connectivity index (χ4v) is 1.92. The summed E-state index contributed by atoms with van der Waals surface area (Å²) in [4.78, 5) is 17.4. The van der Waals surface area contributed by atoms with E-state index in [1.54, 1.807) is 14.2 Å². The van der Waals surface area contributed by atoms with E-state index in [1.807, 2.05) is 11.8 Å². The van der Waals surface area contributed by atoms with Crippen molar-refractivity contribution in [3.8, 4) is 0 Å². The van der Waals surface area contributed by atoms with Crippen LogP contribution in [-0.2, 0) is 9.47 Å². The largest absolute Gasteiger partial charge is 0.478 e. The Bertz CT molecular complexity index is 453. The number of carboxylic acid groups (broad SMARTS) is 1. The van der Waals surface area contributed by atoms with Gasteiger partial charge in [-0.3, -0.25) is 0 Å². The minimum absolute atomic E-state index is 0.0376. The van der Waals surface area contributed by atoms with E-state index in [1.165, 1.54) is 12.3 Å². The summed E-state index contributed by atoms with van der Waals surface area (Å²) in [6.45, 7) is 3.36. The van der Waals surface area contributed by atoms with Crippen molar-refractivity contribution in [3.05, 3.63) is 17.8 Å². The predicted molar refractivity (Wildman–Crippen MR) is 76.2 cm³/mol. The summed E-state index contributed by atoms with van der Waals surface area (Å²) in [5.74, 6) is -0.694. The summed E-state index contributed by atoms with van der Waals surface area (Å²) in [5.41, 5.74) is 6.00. The number of nitrogens with zero attached hydrogens (tertiary/aromatic N) is 2. The van der Waals surface area contributed by atoms with E-state index in [2.05, 4.69) is 4.98 Å². The van der Waals surface area contributed by atoms with Gasteiger partial charge in [-0.25, -0.2) is 9.78 Å². The molecule has 0 radical (unpaired) electrons. The Morgan fingerprint density at radius 3 is 2.75 bits per heavy atom. The molecule has 20 heavy (non-hydrogen) atoms. The first-order valence-electron chi connectivity index (χ1n) is 6.24. The number of methoxy groups -OCH3 is 2. The van der Waals surface area contributed by atoms with E-state index >= 15 is 0 Å². The summed E-state index contributed by atoms with van der Waals surface area (Å²) >= 11 is 0. The van der Waals surface area contributed by atoms with Gasteiger partial charge in [-0.2, -0.15) is 0 Å². The molecule has 0 bridgehead atoms. The van der Waals surface area contributed by atoms with Crippen molar-refractivity contribution in [2.24, 2.45) is 0 Å². The second kappa shape index (κ2) is 7.66. The molecule has 0 spiro atoms. The van der Waals surface area contributed by atoms with E-state index in [4.69, 9.17) is 15.2 Å². The summed E-state index contributed by atoms with van der Waals surface area (Å²) in [5, 5.41) is 9.29. The van der Waals surface area contributed by atoms with Gasteiger partial charge in [0.25, 0.3) is 0 Å². The lowest BCUT2D eigenvalue weighted by molar-refractivity contribution is 0.0696. The van der Waals surface area contributed by atoms with Crippen molar-refractivity contribution in [2.45, 2.75) is 13.0 Å². The average Bonchev–Trinajstić information content (AvgIpc) is 2.40. The molecule has 1 heterocycles. The lowest BCUT2D eigenvalue weighted by Gasteiger charge is -2.30. The summed E-state index contributed by atoms with van der Waals surface area (Å²) in [7, 11) is 3.19. The normalized spacial score (nSPS) is 12.2. The third-order valence-corrected chi connectivity index (χ3v) is 2.87. The number of hydrogen-bond donors (Lipinski definition) is 2. The van der Waals surface area contributed by atoms with Crippen molar-refractivity contribution in [3.63, 3.8) is 0 Å². The molecular formula is C13H21N3O4. The molecule has 0 fully saturated rings. The van der Waals surface area contributed by atoms with Gasteiger partial charge in [-0.05, 0) is 13.0 Å². The molecular weight excluding hydrogens is 262 g/mol. The average molecular weight is 283 g/mol. The van der Waals surface area contributed by atoms with Crippen LogP contribution in [-0.4, -0.2) is 56.1 Å². The van der Waals surface area contributed by atoms with Crippen molar-refractivity contribution >= 4 is 17.5 Å². The molecule has 0 aliphatic carbocycles. The van der Waals surface area contributed by atoms with Crippen molar-refractivity contribution in [1.29, 1.82) is 0 Å². The number of carboxylic acids is 1. The van der Waals surface area contributed by atoms with Gasteiger partial charge in [-0.15, -0.1) is 0 Å². The Labute approximate surface area is 118 Å². The van der Waals surface area contributed by atoms with E-state index < -0.39 is 5.97 Å². The van der Waals surface area contributed by atoms with E-state index in [0.29, 0.717) is 31.3 Å². The first-order valence-corrected chi connectivity index (χ1v) is 6.24. The second-order valence-corrected chi connectivity index (χ2v) is 4.44. The number of nitrogens with two attached hydrogens (primary N) is 1. The highest BCUT2D eigenvalue weighted by Crippen LogP contribution is 2.22. The summed E-state index contributed by atoms with van der Waals surface area (Å²) in [6, 6.07) is 1.37. The molecule has 1 atom stereocenters. The van der Waals surface area contributed by atoms with Gasteiger partial charge in [0.2, 0.25) is 0 Å². The molecule has 0 aliphatic rings. The molecule has 0 aromatic carbocycles. The maximum Gasteiger partial charge on any atom is 0.339 e. The number of aromatic nitrogens is 1.